The van der Waals surface area contributed by atoms with Gasteiger partial charge in [-0.15, -0.1) is 0 Å². The van der Waals surface area contributed by atoms with Crippen LogP contribution in [0.5, 0.6) is 0 Å². The molecule has 0 spiro atoms. The van der Waals surface area contributed by atoms with E-state index >= 15 is 0 Å². The van der Waals surface area contributed by atoms with Crippen LogP contribution in [0.15, 0.2) is 30.3 Å². The van der Waals surface area contributed by atoms with Gasteiger partial charge in [-0.3, -0.25) is 4.90 Å². The molecule has 4 heteroatoms. The predicted molar refractivity (Wildman–Crippen MR) is 113 cm³/mol. The minimum atomic E-state index is 0.00726. The average Bonchev–Trinajstić information content (AvgIpc) is 2.66. The molecule has 0 aliphatic carbocycles. The molecule has 28 heavy (non-hydrogen) atoms. The first-order valence-electron chi connectivity index (χ1n) is 11.0. The molecule has 158 valence electrons. The number of piperidine rings is 1. The number of benzene rings is 1. The van der Waals surface area contributed by atoms with Crippen LogP contribution in [0.2, 0.25) is 0 Å². The summed E-state index contributed by atoms with van der Waals surface area (Å²) in [6.45, 7) is 12.8. The third-order valence-corrected chi connectivity index (χ3v) is 6.18. The summed E-state index contributed by atoms with van der Waals surface area (Å²) in [6.07, 6.45) is 6.79. The topological polar surface area (TPSA) is 30.9 Å². The van der Waals surface area contributed by atoms with Crippen LogP contribution >= 0.6 is 0 Å². The van der Waals surface area contributed by atoms with Crippen LogP contribution < -0.4 is 0 Å². The van der Waals surface area contributed by atoms with E-state index in [-0.39, 0.29) is 17.4 Å². The first-order valence-corrected chi connectivity index (χ1v) is 11.0. The lowest BCUT2D eigenvalue weighted by Crippen LogP contribution is -2.61. The van der Waals surface area contributed by atoms with Crippen LogP contribution in [0.25, 0.3) is 0 Å². The second-order valence-electron chi connectivity index (χ2n) is 9.62. The van der Waals surface area contributed by atoms with Crippen molar-refractivity contribution in [2.45, 2.75) is 96.2 Å². The van der Waals surface area contributed by atoms with E-state index < -0.39 is 0 Å². The number of hydrogen-bond acceptors (Lipinski definition) is 4. The van der Waals surface area contributed by atoms with Gasteiger partial charge in [-0.1, -0.05) is 30.3 Å². The van der Waals surface area contributed by atoms with E-state index in [1.807, 2.05) is 0 Å². The largest absolute Gasteiger partial charge is 0.378 e. The van der Waals surface area contributed by atoms with E-state index in [1.54, 1.807) is 0 Å². The Balaban J connectivity index is 1.45. The molecule has 0 N–H and O–H groups in total. The molecule has 1 aromatic rings. The molecular formula is C24H39NO3. The van der Waals surface area contributed by atoms with Crippen LogP contribution in [-0.2, 0) is 20.8 Å². The summed E-state index contributed by atoms with van der Waals surface area (Å²) in [5, 5.41) is 0. The predicted octanol–water partition coefficient (Wildman–Crippen LogP) is 5.16. The molecule has 2 aliphatic heterocycles. The quantitative estimate of drug-likeness (QED) is 0.575. The van der Waals surface area contributed by atoms with Gasteiger partial charge in [0.1, 0.15) is 0 Å². The monoisotopic (exact) mass is 389 g/mol. The van der Waals surface area contributed by atoms with E-state index in [9.17, 15) is 0 Å². The van der Waals surface area contributed by atoms with E-state index in [0.29, 0.717) is 6.10 Å². The molecule has 3 rings (SSSR count). The van der Waals surface area contributed by atoms with E-state index in [0.717, 1.165) is 58.5 Å². The molecule has 2 saturated heterocycles. The SMILES string of the molecule is CC1(C)CC(OCCCOC2CCCCO2)CC(C)(C)N1Cc1ccccc1. The third-order valence-electron chi connectivity index (χ3n) is 6.18. The standard InChI is InChI=1S/C24H39NO3/c1-23(2)17-21(26-15-10-16-28-22-13-8-9-14-27-22)18-24(3,4)25(23)19-20-11-6-5-7-12-20/h5-7,11-12,21-22H,8-10,13-19H2,1-4H3. The first-order chi connectivity index (χ1) is 13.4. The highest BCUT2D eigenvalue weighted by Gasteiger charge is 2.45. The molecule has 1 atom stereocenters. The fraction of sp³-hybridized carbons (Fsp3) is 0.750. The van der Waals surface area contributed by atoms with Gasteiger partial charge in [0, 0.05) is 30.8 Å². The Morgan fingerprint density at radius 3 is 2.29 bits per heavy atom. The molecule has 1 unspecified atom stereocenters. The Labute approximate surface area is 171 Å². The van der Waals surface area contributed by atoms with Crippen molar-refractivity contribution in [3.05, 3.63) is 35.9 Å². The van der Waals surface area contributed by atoms with Crippen LogP contribution in [-0.4, -0.2) is 48.2 Å². The smallest absolute Gasteiger partial charge is 0.157 e. The molecule has 0 saturated carbocycles. The summed E-state index contributed by atoms with van der Waals surface area (Å²) < 4.78 is 17.7. The second kappa shape index (κ2) is 9.71. The van der Waals surface area contributed by atoms with Crippen molar-refractivity contribution in [1.82, 2.24) is 4.90 Å². The Morgan fingerprint density at radius 2 is 1.64 bits per heavy atom. The Morgan fingerprint density at radius 1 is 0.964 bits per heavy atom. The fourth-order valence-electron chi connectivity index (χ4n) is 4.90. The molecule has 2 heterocycles. The van der Waals surface area contributed by atoms with Crippen LogP contribution in [0, 0.1) is 0 Å². The van der Waals surface area contributed by atoms with Gasteiger partial charge in [-0.25, -0.2) is 0 Å². The average molecular weight is 390 g/mol. The molecule has 4 nitrogen and oxygen atoms in total. The number of ether oxygens (including phenoxy) is 3. The van der Waals surface area contributed by atoms with Crippen molar-refractivity contribution >= 4 is 0 Å². The molecule has 2 fully saturated rings. The highest BCUT2D eigenvalue weighted by atomic mass is 16.7. The first kappa shape index (κ1) is 21.8. The lowest BCUT2D eigenvalue weighted by molar-refractivity contribution is -0.166. The molecule has 2 aliphatic rings. The highest BCUT2D eigenvalue weighted by Crippen LogP contribution is 2.40. The number of nitrogens with zero attached hydrogens (tertiary/aromatic N) is 1. The Kier molecular flexibility index (Phi) is 7.54. The van der Waals surface area contributed by atoms with E-state index in [4.69, 9.17) is 14.2 Å². The minimum Gasteiger partial charge on any atom is -0.378 e. The molecule has 0 aromatic heterocycles. The van der Waals surface area contributed by atoms with Gasteiger partial charge < -0.3 is 14.2 Å². The van der Waals surface area contributed by atoms with Crippen molar-refractivity contribution < 1.29 is 14.2 Å². The highest BCUT2D eigenvalue weighted by molar-refractivity contribution is 5.16. The maximum Gasteiger partial charge on any atom is 0.157 e. The summed E-state index contributed by atoms with van der Waals surface area (Å²) in [5.41, 5.74) is 1.59. The molecule has 0 radical (unpaired) electrons. The molecule has 1 aromatic carbocycles. The van der Waals surface area contributed by atoms with Crippen molar-refractivity contribution in [3.63, 3.8) is 0 Å². The summed E-state index contributed by atoms with van der Waals surface area (Å²) >= 11 is 0. The van der Waals surface area contributed by atoms with E-state index in [2.05, 4.69) is 62.9 Å². The summed E-state index contributed by atoms with van der Waals surface area (Å²) in [6, 6.07) is 10.8. The van der Waals surface area contributed by atoms with Gasteiger partial charge in [0.25, 0.3) is 0 Å². The third kappa shape index (κ3) is 6.03. The van der Waals surface area contributed by atoms with Crippen molar-refractivity contribution in [3.8, 4) is 0 Å². The number of likely N-dealkylation sites (tertiary alicyclic amines) is 1. The summed E-state index contributed by atoms with van der Waals surface area (Å²) in [4.78, 5) is 2.65. The van der Waals surface area contributed by atoms with Gasteiger partial charge in [-0.2, -0.15) is 0 Å². The Bertz CT molecular complexity index is 563. The fourth-order valence-corrected chi connectivity index (χ4v) is 4.90. The van der Waals surface area contributed by atoms with Crippen LogP contribution in [0.1, 0.15) is 71.8 Å². The minimum absolute atomic E-state index is 0.00726. The lowest BCUT2D eigenvalue weighted by Gasteiger charge is -2.55. The summed E-state index contributed by atoms with van der Waals surface area (Å²) in [7, 11) is 0. The second-order valence-corrected chi connectivity index (χ2v) is 9.62. The summed E-state index contributed by atoms with van der Waals surface area (Å²) in [5.74, 6) is 0. The van der Waals surface area contributed by atoms with Gasteiger partial charge in [0.15, 0.2) is 6.29 Å². The number of hydrogen-bond donors (Lipinski definition) is 0. The zero-order valence-corrected chi connectivity index (χ0v) is 18.3. The van der Waals surface area contributed by atoms with E-state index in [1.165, 1.54) is 12.0 Å². The van der Waals surface area contributed by atoms with Crippen molar-refractivity contribution in [2.75, 3.05) is 19.8 Å². The maximum absolute atomic E-state index is 6.29. The van der Waals surface area contributed by atoms with Crippen LogP contribution in [0.4, 0.5) is 0 Å². The normalized spacial score (nSPS) is 25.6. The van der Waals surface area contributed by atoms with Crippen molar-refractivity contribution in [2.24, 2.45) is 0 Å². The molecule has 0 bridgehead atoms. The zero-order valence-electron chi connectivity index (χ0n) is 18.3. The molecule has 0 amide bonds. The van der Waals surface area contributed by atoms with Gasteiger partial charge in [0.05, 0.1) is 12.7 Å². The van der Waals surface area contributed by atoms with Gasteiger partial charge >= 0.3 is 0 Å². The van der Waals surface area contributed by atoms with Gasteiger partial charge in [0.2, 0.25) is 0 Å². The van der Waals surface area contributed by atoms with Gasteiger partial charge in [-0.05, 0) is 71.8 Å². The maximum atomic E-state index is 6.29. The zero-order chi connectivity index (χ0) is 20.0. The van der Waals surface area contributed by atoms with Crippen molar-refractivity contribution in [1.29, 1.82) is 0 Å². The Hall–Kier alpha value is -0.940. The molecular weight excluding hydrogens is 350 g/mol. The number of rotatable bonds is 8. The van der Waals surface area contributed by atoms with Crippen LogP contribution in [0.3, 0.4) is 0 Å². The lowest BCUT2D eigenvalue weighted by atomic mass is 9.77.